The number of unbranched alkanes of at least 4 members (excludes halogenated alkanes) is 2. The predicted molar refractivity (Wildman–Crippen MR) is 155 cm³/mol. The molecule has 8 heteroatoms. The third-order valence-electron chi connectivity index (χ3n) is 5.82. The summed E-state index contributed by atoms with van der Waals surface area (Å²) in [6.07, 6.45) is 5.40. The molecule has 0 saturated carbocycles. The topological polar surface area (TPSA) is 97.4 Å². The van der Waals surface area contributed by atoms with E-state index in [0.29, 0.717) is 62.6 Å². The molecule has 0 bridgehead atoms. The highest BCUT2D eigenvalue weighted by Crippen LogP contribution is 2.25. The lowest BCUT2D eigenvalue weighted by atomic mass is 10.1. The van der Waals surface area contributed by atoms with Gasteiger partial charge in [0.1, 0.15) is 17.2 Å². The van der Waals surface area contributed by atoms with Gasteiger partial charge in [-0.15, -0.1) is 0 Å². The zero-order valence-electron chi connectivity index (χ0n) is 22.9. The maximum Gasteiger partial charge on any atom is 0.343 e. The van der Waals surface area contributed by atoms with E-state index >= 15 is 0 Å². The number of carbonyl (C=O) groups is 3. The van der Waals surface area contributed by atoms with E-state index < -0.39 is 11.9 Å². The molecule has 3 aromatic rings. The molecule has 0 aromatic heterocycles. The Morgan fingerprint density at radius 3 is 1.71 bits per heavy atom. The molecule has 0 unspecified atom stereocenters. The summed E-state index contributed by atoms with van der Waals surface area (Å²) in [5.74, 6) is 0.623. The first-order chi connectivity index (χ1) is 20.0. The summed E-state index contributed by atoms with van der Waals surface area (Å²) >= 11 is 0. The normalized spacial score (nSPS) is 10.2. The molecular formula is C33H34O8. The molecule has 41 heavy (non-hydrogen) atoms. The molecule has 0 aliphatic heterocycles. The molecule has 0 amide bonds. The van der Waals surface area contributed by atoms with Crippen LogP contribution >= 0.6 is 0 Å². The summed E-state index contributed by atoms with van der Waals surface area (Å²) < 4.78 is 26.5. The molecule has 3 aromatic carbocycles. The average molecular weight is 559 g/mol. The number of esters is 3. The number of hydrogen-bond acceptors (Lipinski definition) is 8. The molecule has 214 valence electrons. The number of rotatable bonds is 17. The molecule has 0 spiro atoms. The summed E-state index contributed by atoms with van der Waals surface area (Å²) in [6, 6.07) is 21.7. The second-order valence-electron chi connectivity index (χ2n) is 8.85. The van der Waals surface area contributed by atoms with Crippen molar-refractivity contribution in [3.63, 3.8) is 0 Å². The molecule has 0 fully saturated rings. The van der Waals surface area contributed by atoms with Gasteiger partial charge >= 0.3 is 17.9 Å². The molecule has 0 aliphatic carbocycles. The van der Waals surface area contributed by atoms with Gasteiger partial charge in [-0.25, -0.2) is 9.59 Å². The quantitative estimate of drug-likeness (QED) is 0.0594. The predicted octanol–water partition coefficient (Wildman–Crippen LogP) is 6.70. The first-order valence-electron chi connectivity index (χ1n) is 13.4. The molecule has 0 heterocycles. The van der Waals surface area contributed by atoms with E-state index in [1.165, 1.54) is 0 Å². The first-order valence-corrected chi connectivity index (χ1v) is 13.4. The van der Waals surface area contributed by atoms with E-state index in [4.69, 9.17) is 18.9 Å². The lowest BCUT2D eigenvalue weighted by Crippen LogP contribution is -2.08. The van der Waals surface area contributed by atoms with Crippen molar-refractivity contribution in [1.29, 1.82) is 0 Å². The molecule has 0 saturated heterocycles. The second-order valence-corrected chi connectivity index (χ2v) is 8.85. The number of ether oxygens (including phenoxy) is 5. The monoisotopic (exact) mass is 558 g/mol. The van der Waals surface area contributed by atoms with Crippen molar-refractivity contribution < 1.29 is 38.1 Å². The summed E-state index contributed by atoms with van der Waals surface area (Å²) in [6.45, 7) is 8.03. The fourth-order valence-electron chi connectivity index (χ4n) is 3.65. The third kappa shape index (κ3) is 11.0. The Balaban J connectivity index is 1.39. The minimum atomic E-state index is -0.467. The standard InChI is InChI=1S/C33H34O8/c1-3-31(34)40-24-8-7-23-39-28-16-10-25(11-17-28)26-12-20-30(21-13-26)41-33(36)27-14-18-29(19-15-27)38-22-6-5-9-32(35)37-4-2/h3-4,10-21H,1-2,5-9,22-24H2. The Bertz CT molecular complexity index is 1280. The Kier molecular flexibility index (Phi) is 12.7. The average Bonchev–Trinajstić information content (AvgIpc) is 2.99. The van der Waals surface area contributed by atoms with E-state index in [0.717, 1.165) is 35.6 Å². The van der Waals surface area contributed by atoms with Crippen LogP contribution in [0.2, 0.25) is 0 Å². The van der Waals surface area contributed by atoms with Crippen LogP contribution in [0.15, 0.2) is 98.3 Å². The highest BCUT2D eigenvalue weighted by atomic mass is 16.5. The van der Waals surface area contributed by atoms with Crippen LogP contribution in [0.25, 0.3) is 11.1 Å². The van der Waals surface area contributed by atoms with Gasteiger partial charge in [-0.1, -0.05) is 37.4 Å². The fraction of sp³-hybridized carbons (Fsp3) is 0.242. The molecule has 3 rings (SSSR count). The third-order valence-corrected chi connectivity index (χ3v) is 5.82. The van der Waals surface area contributed by atoms with Gasteiger partial charge in [-0.2, -0.15) is 0 Å². The van der Waals surface area contributed by atoms with Crippen LogP contribution < -0.4 is 14.2 Å². The lowest BCUT2D eigenvalue weighted by molar-refractivity contribution is -0.138. The highest BCUT2D eigenvalue weighted by Gasteiger charge is 2.10. The van der Waals surface area contributed by atoms with Crippen LogP contribution in [-0.4, -0.2) is 37.7 Å². The Morgan fingerprint density at radius 2 is 1.15 bits per heavy atom. The molecular weight excluding hydrogens is 524 g/mol. The van der Waals surface area contributed by atoms with Crippen molar-refractivity contribution in [1.82, 2.24) is 0 Å². The van der Waals surface area contributed by atoms with Crippen LogP contribution in [0.1, 0.15) is 42.5 Å². The van der Waals surface area contributed by atoms with Crippen molar-refractivity contribution in [2.24, 2.45) is 0 Å². The first kappa shape index (κ1) is 30.7. The molecule has 0 N–H and O–H groups in total. The van der Waals surface area contributed by atoms with Gasteiger partial charge in [-0.3, -0.25) is 4.79 Å². The zero-order valence-corrected chi connectivity index (χ0v) is 22.9. The minimum absolute atomic E-state index is 0.308. The molecule has 0 radical (unpaired) electrons. The summed E-state index contributed by atoms with van der Waals surface area (Å²) in [7, 11) is 0. The summed E-state index contributed by atoms with van der Waals surface area (Å²) in [5.41, 5.74) is 2.38. The van der Waals surface area contributed by atoms with Crippen molar-refractivity contribution in [3.8, 4) is 28.4 Å². The maximum absolute atomic E-state index is 12.6. The zero-order chi connectivity index (χ0) is 29.3. The fourth-order valence-corrected chi connectivity index (χ4v) is 3.65. The van der Waals surface area contributed by atoms with E-state index in [1.54, 1.807) is 36.4 Å². The van der Waals surface area contributed by atoms with E-state index in [1.807, 2.05) is 36.4 Å². The molecule has 8 nitrogen and oxygen atoms in total. The van der Waals surface area contributed by atoms with Gasteiger partial charge in [0.05, 0.1) is 31.6 Å². The van der Waals surface area contributed by atoms with Crippen LogP contribution in [0.5, 0.6) is 17.2 Å². The van der Waals surface area contributed by atoms with Gasteiger partial charge in [0.2, 0.25) is 0 Å². The smallest absolute Gasteiger partial charge is 0.343 e. The second kappa shape index (κ2) is 17.0. The van der Waals surface area contributed by atoms with Gasteiger partial charge in [-0.05, 0) is 85.3 Å². The summed E-state index contributed by atoms with van der Waals surface area (Å²) in [4.78, 5) is 34.9. The van der Waals surface area contributed by atoms with Gasteiger partial charge in [0.15, 0.2) is 0 Å². The van der Waals surface area contributed by atoms with E-state index in [2.05, 4.69) is 17.9 Å². The van der Waals surface area contributed by atoms with Crippen molar-refractivity contribution in [2.45, 2.75) is 32.1 Å². The van der Waals surface area contributed by atoms with E-state index in [9.17, 15) is 14.4 Å². The number of benzene rings is 3. The highest BCUT2D eigenvalue weighted by molar-refractivity contribution is 5.91. The molecule has 0 aliphatic rings. The Morgan fingerprint density at radius 1 is 0.634 bits per heavy atom. The van der Waals surface area contributed by atoms with Crippen molar-refractivity contribution in [2.75, 3.05) is 19.8 Å². The Hall–Kier alpha value is -4.85. The van der Waals surface area contributed by atoms with Gasteiger partial charge in [0.25, 0.3) is 0 Å². The van der Waals surface area contributed by atoms with Gasteiger partial charge < -0.3 is 23.7 Å². The number of hydrogen-bond donors (Lipinski definition) is 0. The minimum Gasteiger partial charge on any atom is -0.494 e. The van der Waals surface area contributed by atoms with Crippen molar-refractivity contribution >= 4 is 17.9 Å². The number of carbonyl (C=O) groups excluding carboxylic acids is 3. The lowest BCUT2D eigenvalue weighted by Gasteiger charge is -2.09. The Labute approximate surface area is 240 Å². The summed E-state index contributed by atoms with van der Waals surface area (Å²) in [5, 5.41) is 0. The largest absolute Gasteiger partial charge is 0.494 e. The maximum atomic E-state index is 12.6. The van der Waals surface area contributed by atoms with Crippen LogP contribution in [0, 0.1) is 0 Å². The van der Waals surface area contributed by atoms with Crippen LogP contribution in [0.3, 0.4) is 0 Å². The van der Waals surface area contributed by atoms with Crippen LogP contribution in [0.4, 0.5) is 0 Å². The van der Waals surface area contributed by atoms with E-state index in [-0.39, 0.29) is 5.97 Å². The SMILES string of the molecule is C=COC(=O)CCCCOc1ccc(C(=O)Oc2ccc(-c3ccc(OCCCCOC(=O)C=C)cc3)cc2)cc1. The van der Waals surface area contributed by atoms with Crippen molar-refractivity contribution in [3.05, 3.63) is 104 Å². The molecule has 0 atom stereocenters. The van der Waals surface area contributed by atoms with Crippen LogP contribution in [-0.2, 0) is 19.1 Å². The van der Waals surface area contributed by atoms with Gasteiger partial charge in [0, 0.05) is 12.5 Å².